The molecular formula is C13H16O2S. The number of carbonyl (C=O) groups is 1. The number of hydrogen-bond donors (Lipinski definition) is 1. The monoisotopic (exact) mass is 236 g/mol. The summed E-state index contributed by atoms with van der Waals surface area (Å²) in [5, 5.41) is 12.8. The van der Waals surface area contributed by atoms with Crippen LogP contribution in [0, 0.1) is 0 Å². The summed E-state index contributed by atoms with van der Waals surface area (Å²) < 4.78 is 0. The molecule has 1 fully saturated rings. The number of aryl methyl sites for hydroxylation is 1. The van der Waals surface area contributed by atoms with Crippen molar-refractivity contribution in [1.82, 2.24) is 0 Å². The van der Waals surface area contributed by atoms with Gasteiger partial charge >= 0.3 is 0 Å². The number of fused-ring (bicyclic) bond motifs is 3. The van der Waals surface area contributed by atoms with Crippen molar-refractivity contribution in [2.45, 2.75) is 50.0 Å². The number of carbonyl (C=O) groups excluding carboxylic acids is 1. The zero-order valence-electron chi connectivity index (χ0n) is 9.45. The predicted molar refractivity (Wildman–Crippen MR) is 63.8 cm³/mol. The zero-order chi connectivity index (χ0) is 11.4. The minimum absolute atomic E-state index is 0.0558. The third kappa shape index (κ3) is 1.08. The van der Waals surface area contributed by atoms with Crippen LogP contribution in [0.2, 0.25) is 0 Å². The topological polar surface area (TPSA) is 37.3 Å². The molecule has 86 valence electrons. The lowest BCUT2D eigenvalue weighted by molar-refractivity contribution is -0.152. The Balaban J connectivity index is 2.19. The maximum Gasteiger partial charge on any atom is 0.165 e. The molecule has 2 nitrogen and oxygen atoms in total. The van der Waals surface area contributed by atoms with Crippen LogP contribution in [0.3, 0.4) is 0 Å². The lowest BCUT2D eigenvalue weighted by Gasteiger charge is -2.50. The first-order valence-electron chi connectivity index (χ1n) is 5.90. The maximum atomic E-state index is 12.0. The summed E-state index contributed by atoms with van der Waals surface area (Å²) in [7, 11) is 0. The van der Waals surface area contributed by atoms with E-state index >= 15 is 0 Å². The molecule has 0 aliphatic heterocycles. The molecule has 0 aromatic carbocycles. The SMILES string of the molecule is C[C@@]12CCCC(=O)[C@]1(O)CCc1ccsc12. The Morgan fingerprint density at radius 2 is 2.19 bits per heavy atom. The Morgan fingerprint density at radius 3 is 3.00 bits per heavy atom. The lowest BCUT2D eigenvalue weighted by atomic mass is 9.58. The van der Waals surface area contributed by atoms with Gasteiger partial charge in [-0.25, -0.2) is 0 Å². The molecule has 0 unspecified atom stereocenters. The van der Waals surface area contributed by atoms with E-state index in [-0.39, 0.29) is 11.2 Å². The van der Waals surface area contributed by atoms with Crippen LogP contribution < -0.4 is 0 Å². The largest absolute Gasteiger partial charge is 0.381 e. The zero-order valence-corrected chi connectivity index (χ0v) is 10.3. The van der Waals surface area contributed by atoms with Crippen molar-refractivity contribution in [2.75, 3.05) is 0 Å². The second kappa shape index (κ2) is 3.17. The lowest BCUT2D eigenvalue weighted by Crippen LogP contribution is -2.59. The Labute approximate surface area is 99.3 Å². The molecule has 0 spiro atoms. The van der Waals surface area contributed by atoms with Gasteiger partial charge in [0.1, 0.15) is 5.60 Å². The first-order valence-corrected chi connectivity index (χ1v) is 6.78. The number of aliphatic hydroxyl groups is 1. The van der Waals surface area contributed by atoms with E-state index in [0.29, 0.717) is 12.8 Å². The highest BCUT2D eigenvalue weighted by Gasteiger charge is 2.57. The first kappa shape index (κ1) is 10.5. The van der Waals surface area contributed by atoms with Crippen molar-refractivity contribution in [3.8, 4) is 0 Å². The van der Waals surface area contributed by atoms with Crippen LogP contribution in [0.25, 0.3) is 0 Å². The van der Waals surface area contributed by atoms with Crippen LogP contribution in [-0.2, 0) is 16.6 Å². The fourth-order valence-electron chi connectivity index (χ4n) is 3.37. The van der Waals surface area contributed by atoms with Gasteiger partial charge in [0.2, 0.25) is 0 Å². The van der Waals surface area contributed by atoms with Crippen LogP contribution in [0.1, 0.15) is 43.0 Å². The fourth-order valence-corrected chi connectivity index (χ4v) is 4.59. The van der Waals surface area contributed by atoms with Crippen molar-refractivity contribution in [3.63, 3.8) is 0 Å². The Morgan fingerprint density at radius 1 is 1.38 bits per heavy atom. The molecule has 0 saturated heterocycles. The molecule has 0 amide bonds. The number of Topliss-reactive ketones (excluding diaryl/α,β-unsaturated/α-hetero) is 1. The van der Waals surface area contributed by atoms with E-state index in [2.05, 4.69) is 18.4 Å². The third-order valence-corrected chi connectivity index (χ3v) is 5.68. The average Bonchev–Trinajstić information content (AvgIpc) is 2.71. The Kier molecular flexibility index (Phi) is 2.08. The normalized spacial score (nSPS) is 38.0. The van der Waals surface area contributed by atoms with Crippen LogP contribution in [-0.4, -0.2) is 16.5 Å². The van der Waals surface area contributed by atoms with Crippen LogP contribution in [0.4, 0.5) is 0 Å². The molecule has 1 saturated carbocycles. The van der Waals surface area contributed by atoms with Gasteiger partial charge in [0.15, 0.2) is 5.78 Å². The number of ketones is 1. The van der Waals surface area contributed by atoms with Gasteiger partial charge in [-0.3, -0.25) is 4.79 Å². The average molecular weight is 236 g/mol. The van der Waals surface area contributed by atoms with Gasteiger partial charge in [-0.05, 0) is 42.7 Å². The van der Waals surface area contributed by atoms with Gasteiger partial charge in [0.05, 0.1) is 0 Å². The summed E-state index contributed by atoms with van der Waals surface area (Å²) in [6, 6.07) is 2.14. The van der Waals surface area contributed by atoms with Crippen molar-refractivity contribution >= 4 is 17.1 Å². The third-order valence-electron chi connectivity index (χ3n) is 4.46. The second-order valence-electron chi connectivity index (χ2n) is 5.24. The smallest absolute Gasteiger partial charge is 0.165 e. The minimum Gasteiger partial charge on any atom is -0.381 e. The van der Waals surface area contributed by atoms with E-state index in [9.17, 15) is 9.90 Å². The maximum absolute atomic E-state index is 12.0. The molecule has 0 radical (unpaired) electrons. The molecule has 16 heavy (non-hydrogen) atoms. The van der Waals surface area contributed by atoms with Crippen LogP contribution >= 0.6 is 11.3 Å². The predicted octanol–water partition coefficient (Wildman–Crippen LogP) is 2.44. The van der Waals surface area contributed by atoms with Gasteiger partial charge in [0.25, 0.3) is 0 Å². The first-order chi connectivity index (χ1) is 7.58. The van der Waals surface area contributed by atoms with Crippen LogP contribution in [0.15, 0.2) is 11.4 Å². The van der Waals surface area contributed by atoms with E-state index in [1.165, 1.54) is 10.4 Å². The molecule has 1 heterocycles. The summed E-state index contributed by atoms with van der Waals surface area (Å²) in [5.74, 6) is 0.0558. The standard InChI is InChI=1S/C13H16O2S/c1-12-6-2-3-10(14)13(12,15)7-4-9-5-8-16-11(9)12/h5,8,15H,2-4,6-7H2,1H3/t12-,13+/m0/s1. The summed E-state index contributed by atoms with van der Waals surface area (Å²) in [6.45, 7) is 2.07. The van der Waals surface area contributed by atoms with Crippen molar-refractivity contribution in [1.29, 1.82) is 0 Å². The van der Waals surface area contributed by atoms with Crippen molar-refractivity contribution in [3.05, 3.63) is 21.9 Å². The van der Waals surface area contributed by atoms with E-state index in [1.54, 1.807) is 11.3 Å². The van der Waals surface area contributed by atoms with E-state index in [4.69, 9.17) is 0 Å². The highest BCUT2D eigenvalue weighted by Crippen LogP contribution is 2.52. The van der Waals surface area contributed by atoms with Gasteiger partial charge in [0, 0.05) is 16.7 Å². The molecular weight excluding hydrogens is 220 g/mol. The van der Waals surface area contributed by atoms with Gasteiger partial charge < -0.3 is 5.11 Å². The van der Waals surface area contributed by atoms with Gasteiger partial charge in [-0.1, -0.05) is 6.92 Å². The molecule has 3 heteroatoms. The summed E-state index contributed by atoms with van der Waals surface area (Å²) >= 11 is 1.70. The summed E-state index contributed by atoms with van der Waals surface area (Å²) in [6.07, 6.45) is 3.84. The minimum atomic E-state index is -1.09. The number of hydrogen-bond acceptors (Lipinski definition) is 3. The molecule has 1 N–H and O–H groups in total. The van der Waals surface area contributed by atoms with E-state index in [0.717, 1.165) is 19.3 Å². The molecule has 2 aliphatic carbocycles. The fraction of sp³-hybridized carbons (Fsp3) is 0.615. The molecule has 2 atom stereocenters. The summed E-state index contributed by atoms with van der Waals surface area (Å²) in [5.41, 5.74) is -0.0837. The van der Waals surface area contributed by atoms with Gasteiger partial charge in [-0.2, -0.15) is 0 Å². The van der Waals surface area contributed by atoms with Crippen molar-refractivity contribution in [2.24, 2.45) is 0 Å². The summed E-state index contributed by atoms with van der Waals surface area (Å²) in [4.78, 5) is 13.3. The molecule has 2 aliphatic rings. The Bertz CT molecular complexity index is 451. The Hall–Kier alpha value is -0.670. The van der Waals surface area contributed by atoms with Crippen molar-refractivity contribution < 1.29 is 9.90 Å². The molecule has 3 rings (SSSR count). The van der Waals surface area contributed by atoms with Gasteiger partial charge in [-0.15, -0.1) is 11.3 Å². The highest BCUT2D eigenvalue weighted by atomic mass is 32.1. The molecule has 1 aromatic heterocycles. The molecule has 1 aromatic rings. The van der Waals surface area contributed by atoms with Crippen LogP contribution in [0.5, 0.6) is 0 Å². The quantitative estimate of drug-likeness (QED) is 0.751. The van der Waals surface area contributed by atoms with E-state index in [1.807, 2.05) is 0 Å². The molecule has 0 bridgehead atoms. The van der Waals surface area contributed by atoms with E-state index < -0.39 is 5.60 Å². The highest BCUT2D eigenvalue weighted by molar-refractivity contribution is 7.10. The second-order valence-corrected chi connectivity index (χ2v) is 6.16. The number of thiophene rings is 1. The number of rotatable bonds is 0.